The standard InChI is InChI=1S/C21H30N6O2.2ClH/c1-25-14-4-2-5-15(25)13-16(12-14)27(26-10-8-23-9-11-26)21-24-19-17(20(22)28)6-3-7-18(19)29-21;;/h3,6-7,14-16,23H,2,4-5,8-13H2,1H3,(H2,22,28);2*1H. The molecule has 3 aliphatic rings. The third-order valence-corrected chi connectivity index (χ3v) is 6.93. The lowest BCUT2D eigenvalue weighted by atomic mass is 9.82. The summed E-state index contributed by atoms with van der Waals surface area (Å²) in [4.78, 5) is 19.2. The third kappa shape index (κ3) is 4.50. The van der Waals surface area contributed by atoms with E-state index < -0.39 is 5.91 Å². The quantitative estimate of drug-likeness (QED) is 0.708. The zero-order valence-corrected chi connectivity index (χ0v) is 19.5. The molecule has 0 radical (unpaired) electrons. The van der Waals surface area contributed by atoms with E-state index >= 15 is 0 Å². The average molecular weight is 471 g/mol. The summed E-state index contributed by atoms with van der Waals surface area (Å²) in [6.45, 7) is 3.73. The van der Waals surface area contributed by atoms with E-state index in [1.54, 1.807) is 12.1 Å². The molecule has 31 heavy (non-hydrogen) atoms. The topological polar surface area (TPSA) is 90.9 Å². The Bertz CT molecular complexity index is 889. The van der Waals surface area contributed by atoms with Crippen LogP contribution < -0.4 is 16.1 Å². The predicted molar refractivity (Wildman–Crippen MR) is 126 cm³/mol. The molecular formula is C21H32Cl2N6O2. The number of para-hydroxylation sites is 1. The van der Waals surface area contributed by atoms with Crippen molar-refractivity contribution >= 4 is 47.8 Å². The van der Waals surface area contributed by atoms with Gasteiger partial charge in [0.25, 0.3) is 5.91 Å². The number of oxazole rings is 1. The van der Waals surface area contributed by atoms with Crippen molar-refractivity contribution in [2.45, 2.75) is 50.2 Å². The Labute approximate surface area is 195 Å². The fraction of sp³-hybridized carbons (Fsp3) is 0.619. The van der Waals surface area contributed by atoms with Crippen LogP contribution in [0.1, 0.15) is 42.5 Å². The van der Waals surface area contributed by atoms with Gasteiger partial charge in [0.15, 0.2) is 5.58 Å². The van der Waals surface area contributed by atoms with Crippen molar-refractivity contribution in [1.29, 1.82) is 0 Å². The highest BCUT2D eigenvalue weighted by molar-refractivity contribution is 6.03. The Morgan fingerprint density at radius 2 is 1.87 bits per heavy atom. The largest absolute Gasteiger partial charge is 0.422 e. The number of primary amides is 1. The fourth-order valence-corrected chi connectivity index (χ4v) is 5.40. The van der Waals surface area contributed by atoms with Crippen LogP contribution in [0.3, 0.4) is 0 Å². The van der Waals surface area contributed by atoms with Gasteiger partial charge in [0.05, 0.1) is 11.6 Å². The van der Waals surface area contributed by atoms with Crippen molar-refractivity contribution in [2.75, 3.05) is 38.2 Å². The molecule has 4 heterocycles. The molecule has 5 rings (SSSR count). The van der Waals surface area contributed by atoms with E-state index in [4.69, 9.17) is 15.1 Å². The van der Waals surface area contributed by atoms with E-state index in [1.807, 2.05) is 6.07 Å². The number of anilines is 1. The molecule has 1 aromatic heterocycles. The minimum Gasteiger partial charge on any atom is -0.422 e. The van der Waals surface area contributed by atoms with Gasteiger partial charge in [-0.05, 0) is 44.9 Å². The summed E-state index contributed by atoms with van der Waals surface area (Å²) < 4.78 is 6.21. The van der Waals surface area contributed by atoms with Crippen molar-refractivity contribution in [1.82, 2.24) is 20.2 Å². The number of piperazine rings is 1. The lowest BCUT2D eigenvalue weighted by Gasteiger charge is -2.51. The van der Waals surface area contributed by atoms with Crippen LogP contribution in [0.25, 0.3) is 11.1 Å². The molecule has 2 unspecified atom stereocenters. The van der Waals surface area contributed by atoms with Crippen molar-refractivity contribution in [3.05, 3.63) is 23.8 Å². The number of aromatic nitrogens is 1. The summed E-state index contributed by atoms with van der Waals surface area (Å²) in [7, 11) is 2.28. The van der Waals surface area contributed by atoms with Gasteiger partial charge in [-0.1, -0.05) is 12.5 Å². The van der Waals surface area contributed by atoms with Crippen LogP contribution in [0, 0.1) is 0 Å². The summed E-state index contributed by atoms with van der Waals surface area (Å²) >= 11 is 0. The summed E-state index contributed by atoms with van der Waals surface area (Å²) in [5, 5.41) is 8.10. The van der Waals surface area contributed by atoms with E-state index in [2.05, 4.69) is 27.3 Å². The summed E-state index contributed by atoms with van der Waals surface area (Å²) in [6, 6.07) is 7.54. The lowest BCUT2D eigenvalue weighted by Crippen LogP contribution is -2.61. The zero-order chi connectivity index (χ0) is 20.0. The number of amides is 1. The van der Waals surface area contributed by atoms with Crippen molar-refractivity contribution in [3.63, 3.8) is 0 Å². The van der Waals surface area contributed by atoms with Gasteiger partial charge >= 0.3 is 6.01 Å². The van der Waals surface area contributed by atoms with Gasteiger partial charge in [-0.3, -0.25) is 9.80 Å². The zero-order valence-electron chi connectivity index (χ0n) is 17.8. The second-order valence-corrected chi connectivity index (χ2v) is 8.59. The maximum absolute atomic E-state index is 11.9. The van der Waals surface area contributed by atoms with E-state index in [-0.39, 0.29) is 24.8 Å². The van der Waals surface area contributed by atoms with Crippen LogP contribution in [0.5, 0.6) is 0 Å². The second kappa shape index (κ2) is 9.92. The van der Waals surface area contributed by atoms with Crippen LogP contribution in [-0.2, 0) is 0 Å². The summed E-state index contributed by atoms with van der Waals surface area (Å²) in [5.74, 6) is -0.474. The maximum atomic E-state index is 11.9. The van der Waals surface area contributed by atoms with Crippen LogP contribution in [0.4, 0.5) is 6.01 Å². The number of nitrogens with two attached hydrogens (primary N) is 1. The van der Waals surface area contributed by atoms with Crippen LogP contribution >= 0.6 is 24.8 Å². The molecule has 10 heteroatoms. The van der Waals surface area contributed by atoms with Crippen molar-refractivity contribution in [3.8, 4) is 0 Å². The monoisotopic (exact) mass is 470 g/mol. The Morgan fingerprint density at radius 1 is 1.19 bits per heavy atom. The minimum atomic E-state index is -0.474. The number of hydrogen-bond acceptors (Lipinski definition) is 7. The molecule has 172 valence electrons. The minimum absolute atomic E-state index is 0. The maximum Gasteiger partial charge on any atom is 0.313 e. The molecule has 3 fully saturated rings. The van der Waals surface area contributed by atoms with E-state index in [1.165, 1.54) is 19.3 Å². The number of nitrogens with one attached hydrogen (secondary N) is 1. The van der Waals surface area contributed by atoms with Gasteiger partial charge in [-0.2, -0.15) is 4.98 Å². The number of halogens is 2. The number of hydrogen-bond donors (Lipinski definition) is 2. The molecular weight excluding hydrogens is 439 g/mol. The van der Waals surface area contributed by atoms with Gasteiger partial charge in [0.2, 0.25) is 0 Å². The molecule has 1 amide bonds. The molecule has 0 aliphatic carbocycles. The van der Waals surface area contributed by atoms with Crippen LogP contribution in [-0.4, -0.2) is 72.2 Å². The van der Waals surface area contributed by atoms with Gasteiger partial charge in [-0.25, -0.2) is 5.01 Å². The van der Waals surface area contributed by atoms with E-state index in [0.717, 1.165) is 39.0 Å². The molecule has 3 aliphatic heterocycles. The lowest BCUT2D eigenvalue weighted by molar-refractivity contribution is 0.0369. The number of carbonyl (C=O) groups excluding carboxylic acids is 1. The first-order valence-electron chi connectivity index (χ1n) is 10.8. The molecule has 2 atom stereocenters. The first kappa shape index (κ1) is 24.1. The Balaban J connectivity index is 0.00000136. The number of carbonyl (C=O) groups is 1. The van der Waals surface area contributed by atoms with E-state index in [9.17, 15) is 4.79 Å². The van der Waals surface area contributed by atoms with Crippen LogP contribution in [0.15, 0.2) is 22.6 Å². The number of nitrogens with zero attached hydrogens (tertiary/aromatic N) is 4. The first-order valence-corrected chi connectivity index (χ1v) is 10.8. The van der Waals surface area contributed by atoms with Gasteiger partial charge in [-0.15, -0.1) is 24.8 Å². The Kier molecular flexibility index (Phi) is 7.70. The number of piperidine rings is 2. The van der Waals surface area contributed by atoms with Crippen LogP contribution in [0.2, 0.25) is 0 Å². The Morgan fingerprint density at radius 3 is 2.52 bits per heavy atom. The third-order valence-electron chi connectivity index (χ3n) is 6.93. The smallest absolute Gasteiger partial charge is 0.313 e. The number of hydrazine groups is 1. The van der Waals surface area contributed by atoms with Crippen molar-refractivity contribution in [2.24, 2.45) is 5.73 Å². The summed E-state index contributed by atoms with van der Waals surface area (Å²) in [5.41, 5.74) is 7.16. The number of fused-ring (bicyclic) bond motifs is 3. The molecule has 8 nitrogen and oxygen atoms in total. The average Bonchev–Trinajstić information content (AvgIpc) is 3.13. The highest BCUT2D eigenvalue weighted by atomic mass is 35.5. The van der Waals surface area contributed by atoms with E-state index in [0.29, 0.717) is 40.8 Å². The van der Waals surface area contributed by atoms with Crippen molar-refractivity contribution < 1.29 is 9.21 Å². The first-order chi connectivity index (χ1) is 14.1. The molecule has 3 N–H and O–H groups in total. The van der Waals surface area contributed by atoms with Gasteiger partial charge in [0, 0.05) is 38.3 Å². The normalized spacial score (nSPS) is 26.7. The molecule has 2 aromatic rings. The molecule has 3 saturated heterocycles. The van der Waals surface area contributed by atoms with Gasteiger partial charge < -0.3 is 20.4 Å². The highest BCUT2D eigenvalue weighted by Gasteiger charge is 2.41. The van der Waals surface area contributed by atoms with Gasteiger partial charge in [0.1, 0.15) is 5.52 Å². The molecule has 0 saturated carbocycles. The molecule has 1 aromatic carbocycles. The Hall–Kier alpha value is -1.58. The SMILES string of the molecule is CN1C2CCCC1CC(N(c1nc3c(C(N)=O)cccc3o1)N1CCNCC1)C2.Cl.Cl. The summed E-state index contributed by atoms with van der Waals surface area (Å²) in [6.07, 6.45) is 6.07. The molecule has 2 bridgehead atoms. The highest BCUT2D eigenvalue weighted by Crippen LogP contribution is 2.37. The number of benzene rings is 1. The second-order valence-electron chi connectivity index (χ2n) is 8.59. The molecule has 0 spiro atoms. The fourth-order valence-electron chi connectivity index (χ4n) is 5.40. The predicted octanol–water partition coefficient (Wildman–Crippen LogP) is 2.41. The number of rotatable bonds is 4.